The molecule has 1 aliphatic carbocycles. The predicted molar refractivity (Wildman–Crippen MR) is 163 cm³/mol. The highest BCUT2D eigenvalue weighted by Crippen LogP contribution is 2.42. The molecule has 5 N–H and O–H groups in total. The third kappa shape index (κ3) is 7.33. The fraction of sp³-hybridized carbons (Fsp3) is 0.394. The van der Waals surface area contributed by atoms with Gasteiger partial charge in [0.1, 0.15) is 0 Å². The van der Waals surface area contributed by atoms with E-state index in [2.05, 4.69) is 20.9 Å². The van der Waals surface area contributed by atoms with Crippen LogP contribution in [0, 0.1) is 5.92 Å². The Morgan fingerprint density at radius 2 is 1.90 bits per heavy atom. The van der Waals surface area contributed by atoms with Gasteiger partial charge in [0.15, 0.2) is 0 Å². The van der Waals surface area contributed by atoms with Crippen molar-refractivity contribution in [2.75, 3.05) is 17.2 Å². The average Bonchev–Trinajstić information content (AvgIpc) is 3.83. The van der Waals surface area contributed by atoms with Gasteiger partial charge in [-0.2, -0.15) is 0 Å². The lowest BCUT2D eigenvalue weighted by molar-refractivity contribution is -0.116. The maximum Gasteiger partial charge on any atom is 0.411 e. The first-order chi connectivity index (χ1) is 20.3. The zero-order valence-corrected chi connectivity index (χ0v) is 24.2. The van der Waals surface area contributed by atoms with Gasteiger partial charge in [0.05, 0.1) is 24.0 Å². The van der Waals surface area contributed by atoms with Crippen molar-refractivity contribution in [1.29, 1.82) is 0 Å². The zero-order valence-electron chi connectivity index (χ0n) is 24.2. The van der Waals surface area contributed by atoms with Crippen LogP contribution in [0.5, 0.6) is 0 Å². The lowest BCUT2D eigenvalue weighted by atomic mass is 9.97. The number of aromatic nitrogens is 1. The van der Waals surface area contributed by atoms with Crippen LogP contribution in [0.3, 0.4) is 0 Å². The van der Waals surface area contributed by atoms with E-state index >= 15 is 0 Å². The Kier molecular flexibility index (Phi) is 9.17. The quantitative estimate of drug-likeness (QED) is 0.265. The van der Waals surface area contributed by atoms with Crippen LogP contribution in [0.15, 0.2) is 54.7 Å². The minimum atomic E-state index is -0.546. The zero-order chi connectivity index (χ0) is 29.6. The van der Waals surface area contributed by atoms with E-state index in [9.17, 15) is 14.4 Å². The molecule has 9 nitrogen and oxygen atoms in total. The van der Waals surface area contributed by atoms with Crippen molar-refractivity contribution in [2.45, 2.75) is 70.9 Å². The number of anilines is 2. The number of benzene rings is 2. The molecule has 9 heteroatoms. The van der Waals surface area contributed by atoms with Gasteiger partial charge in [0, 0.05) is 36.0 Å². The highest BCUT2D eigenvalue weighted by molar-refractivity contribution is 5.98. The number of nitrogens with two attached hydrogens (primary N) is 1. The molecule has 2 aromatic carbocycles. The second-order valence-corrected chi connectivity index (χ2v) is 11.6. The molecule has 1 aromatic heterocycles. The standard InChI is InChI=1S/C33H39N5O4/c1-20(2)19-42-33(41)36-25-11-12-26-22-13-14-35-30(16-22)28(5-3-4-6-31(39)37-29(26)17-25)38-32(40)23-9-10-24(18-34)27(15-23)21-7-8-21/h9-17,20-21,28H,3-8,18-19,34H2,1-2H3,(H,36,41)(H,37,39)(H,38,40). The molecule has 42 heavy (non-hydrogen) atoms. The monoisotopic (exact) mass is 569 g/mol. The predicted octanol–water partition coefficient (Wildman–Crippen LogP) is 6.27. The first kappa shape index (κ1) is 29.3. The summed E-state index contributed by atoms with van der Waals surface area (Å²) < 4.78 is 5.24. The van der Waals surface area contributed by atoms with Gasteiger partial charge in [-0.25, -0.2) is 4.79 Å². The van der Waals surface area contributed by atoms with Crippen molar-refractivity contribution in [3.63, 3.8) is 0 Å². The Bertz CT molecular complexity index is 1470. The van der Waals surface area contributed by atoms with Gasteiger partial charge < -0.3 is 21.1 Å². The summed E-state index contributed by atoms with van der Waals surface area (Å²) in [7, 11) is 0. The maximum atomic E-state index is 13.5. The second kappa shape index (κ2) is 13.2. The topological polar surface area (TPSA) is 135 Å². The normalized spacial score (nSPS) is 16.9. The number of nitrogens with one attached hydrogen (secondary N) is 3. The molecule has 3 aromatic rings. The van der Waals surface area contributed by atoms with Crippen LogP contribution in [0.1, 0.15) is 91.5 Å². The van der Waals surface area contributed by atoms with E-state index in [-0.39, 0.29) is 23.8 Å². The Balaban J connectivity index is 1.41. The summed E-state index contributed by atoms with van der Waals surface area (Å²) in [6, 6.07) is 14.7. The highest BCUT2D eigenvalue weighted by atomic mass is 16.5. The summed E-state index contributed by atoms with van der Waals surface area (Å²) in [5.74, 6) is 0.448. The summed E-state index contributed by atoms with van der Waals surface area (Å²) in [6.07, 6.45) is 5.82. The fourth-order valence-electron chi connectivity index (χ4n) is 5.26. The van der Waals surface area contributed by atoms with E-state index in [1.807, 2.05) is 50.2 Å². The molecule has 1 aliphatic heterocycles. The van der Waals surface area contributed by atoms with E-state index in [1.165, 1.54) is 5.56 Å². The minimum Gasteiger partial charge on any atom is -0.449 e. The number of hydrogen-bond donors (Lipinski definition) is 4. The lowest BCUT2D eigenvalue weighted by Crippen LogP contribution is -2.29. The molecule has 1 fully saturated rings. The number of carbonyl (C=O) groups excluding carboxylic acids is 3. The molecule has 1 atom stereocenters. The third-order valence-electron chi connectivity index (χ3n) is 7.63. The third-order valence-corrected chi connectivity index (χ3v) is 7.63. The number of amides is 3. The van der Waals surface area contributed by atoms with Crippen molar-refractivity contribution in [3.8, 4) is 11.1 Å². The number of rotatable bonds is 7. The highest BCUT2D eigenvalue weighted by Gasteiger charge is 2.27. The Hall–Kier alpha value is -4.24. The molecule has 220 valence electrons. The first-order valence-electron chi connectivity index (χ1n) is 14.8. The summed E-state index contributed by atoms with van der Waals surface area (Å²) in [5.41, 5.74) is 12.3. The van der Waals surface area contributed by atoms with Gasteiger partial charge in [-0.1, -0.05) is 32.4 Å². The molecule has 2 aliphatic rings. The second-order valence-electron chi connectivity index (χ2n) is 11.6. The molecule has 2 bridgehead atoms. The lowest BCUT2D eigenvalue weighted by Gasteiger charge is -2.21. The van der Waals surface area contributed by atoms with E-state index in [0.717, 1.165) is 41.6 Å². The van der Waals surface area contributed by atoms with Gasteiger partial charge in [0.2, 0.25) is 5.91 Å². The van der Waals surface area contributed by atoms with Crippen molar-refractivity contribution >= 4 is 29.3 Å². The van der Waals surface area contributed by atoms with Crippen molar-refractivity contribution in [3.05, 3.63) is 77.1 Å². The van der Waals surface area contributed by atoms with E-state index < -0.39 is 6.09 Å². The Morgan fingerprint density at radius 3 is 2.67 bits per heavy atom. The maximum absolute atomic E-state index is 13.5. The summed E-state index contributed by atoms with van der Waals surface area (Å²) in [6.45, 7) is 4.70. The summed E-state index contributed by atoms with van der Waals surface area (Å²) in [4.78, 5) is 43.2. The van der Waals surface area contributed by atoms with Crippen LogP contribution < -0.4 is 21.7 Å². The molecule has 0 spiro atoms. The van der Waals surface area contributed by atoms with Crippen LogP contribution >= 0.6 is 0 Å². The first-order valence-corrected chi connectivity index (χ1v) is 14.8. The molecule has 3 amide bonds. The van der Waals surface area contributed by atoms with Gasteiger partial charge in [0.25, 0.3) is 5.91 Å². The van der Waals surface area contributed by atoms with E-state index in [1.54, 1.807) is 18.3 Å². The molecule has 1 saturated carbocycles. The Labute approximate surface area is 246 Å². The van der Waals surface area contributed by atoms with E-state index in [0.29, 0.717) is 55.3 Å². The molecule has 2 heterocycles. The number of hydrogen-bond acceptors (Lipinski definition) is 6. The molecule has 0 radical (unpaired) electrons. The molecule has 0 saturated heterocycles. The number of ether oxygens (including phenoxy) is 1. The smallest absolute Gasteiger partial charge is 0.411 e. The van der Waals surface area contributed by atoms with Crippen molar-refractivity contribution in [1.82, 2.24) is 10.3 Å². The van der Waals surface area contributed by atoms with Crippen molar-refractivity contribution < 1.29 is 19.1 Å². The van der Waals surface area contributed by atoms with Gasteiger partial charge >= 0.3 is 6.09 Å². The minimum absolute atomic E-state index is 0.112. The van der Waals surface area contributed by atoms with Gasteiger partial charge in [-0.05, 0) is 90.6 Å². The van der Waals surface area contributed by atoms with Crippen LogP contribution in [0.25, 0.3) is 11.1 Å². The van der Waals surface area contributed by atoms with E-state index in [4.69, 9.17) is 10.5 Å². The molecule has 1 unspecified atom stereocenters. The summed E-state index contributed by atoms with van der Waals surface area (Å²) in [5, 5.41) is 8.97. The van der Waals surface area contributed by atoms with Crippen LogP contribution in [-0.4, -0.2) is 29.5 Å². The van der Waals surface area contributed by atoms with Gasteiger partial charge in [-0.3, -0.25) is 19.9 Å². The van der Waals surface area contributed by atoms with Crippen LogP contribution in [0.4, 0.5) is 16.2 Å². The number of carbonyl (C=O) groups is 3. The number of fused-ring (bicyclic) bond motifs is 4. The van der Waals surface area contributed by atoms with Crippen LogP contribution in [0.2, 0.25) is 0 Å². The van der Waals surface area contributed by atoms with Crippen LogP contribution in [-0.2, 0) is 16.1 Å². The number of nitrogens with zero attached hydrogens (tertiary/aromatic N) is 1. The van der Waals surface area contributed by atoms with Gasteiger partial charge in [-0.15, -0.1) is 0 Å². The fourth-order valence-corrected chi connectivity index (χ4v) is 5.26. The molecular formula is C33H39N5O4. The molecular weight excluding hydrogens is 530 g/mol. The Morgan fingerprint density at radius 1 is 1.07 bits per heavy atom. The average molecular weight is 570 g/mol. The SMILES string of the molecule is CC(C)COC(=O)Nc1ccc2c(c1)NC(=O)CCCCC(NC(=O)c1ccc(CN)c(C3CC3)c1)c1cc-2ccn1. The number of pyridine rings is 1. The summed E-state index contributed by atoms with van der Waals surface area (Å²) >= 11 is 0. The molecule has 5 rings (SSSR count). The largest absolute Gasteiger partial charge is 0.449 e. The van der Waals surface area contributed by atoms with Crippen molar-refractivity contribution in [2.24, 2.45) is 11.7 Å².